The summed E-state index contributed by atoms with van der Waals surface area (Å²) >= 11 is 7.60. The molecule has 3 rings (SSSR count). The summed E-state index contributed by atoms with van der Waals surface area (Å²) in [4.78, 5) is 11.9. The Morgan fingerprint density at radius 2 is 1.74 bits per heavy atom. The van der Waals surface area contributed by atoms with Crippen molar-refractivity contribution in [1.29, 1.82) is 0 Å². The van der Waals surface area contributed by atoms with Crippen molar-refractivity contribution in [2.75, 3.05) is 28.7 Å². The Kier molecular flexibility index (Phi) is 5.98. The largest absolute Gasteiger partial charge is 0.466 e. The minimum atomic E-state index is -3.87. The Morgan fingerprint density at radius 1 is 1.07 bits per heavy atom. The smallest absolute Gasteiger partial charge is 0.336 e. The number of carbonyl (C=O) groups is 1. The number of esters is 1. The lowest BCUT2D eigenvalue weighted by molar-refractivity contribution is -0.136. The molecule has 142 valence electrons. The molecule has 0 saturated carbocycles. The van der Waals surface area contributed by atoms with E-state index in [2.05, 4.69) is 10.0 Å². The Hall–Kier alpha value is -2.16. The van der Waals surface area contributed by atoms with Crippen molar-refractivity contribution < 1.29 is 17.9 Å². The number of hydrogen-bond acceptors (Lipinski definition) is 6. The van der Waals surface area contributed by atoms with E-state index in [0.29, 0.717) is 34.2 Å². The number of anilines is 2. The van der Waals surface area contributed by atoms with Gasteiger partial charge in [-0.05, 0) is 24.3 Å². The number of thioether (sulfide) groups is 1. The van der Waals surface area contributed by atoms with Crippen molar-refractivity contribution in [2.24, 2.45) is 0 Å². The van der Waals surface area contributed by atoms with E-state index in [9.17, 15) is 13.2 Å². The fraction of sp³-hybridized carbons (Fsp3) is 0.167. The first-order valence-electron chi connectivity index (χ1n) is 7.94. The Labute approximate surface area is 167 Å². The summed E-state index contributed by atoms with van der Waals surface area (Å²) in [6, 6.07) is 13.1. The molecule has 0 saturated heterocycles. The molecule has 1 aliphatic heterocycles. The number of para-hydroxylation sites is 2. The Bertz CT molecular complexity index is 1010. The lowest BCUT2D eigenvalue weighted by atomic mass is 10.2. The molecule has 2 aromatic rings. The van der Waals surface area contributed by atoms with E-state index in [4.69, 9.17) is 16.3 Å². The van der Waals surface area contributed by atoms with Crippen molar-refractivity contribution in [3.63, 3.8) is 0 Å². The molecular formula is C18H17ClN2O4S2. The van der Waals surface area contributed by atoms with Crippen LogP contribution in [0.2, 0.25) is 5.02 Å². The number of nitrogens with one attached hydrogen (secondary N) is 2. The number of halogens is 1. The lowest BCUT2D eigenvalue weighted by Crippen LogP contribution is -2.16. The molecule has 0 radical (unpaired) electrons. The van der Waals surface area contributed by atoms with Crippen LogP contribution in [0.1, 0.15) is 0 Å². The number of hydrogen-bond donors (Lipinski definition) is 2. The third-order valence-corrected chi connectivity index (χ3v) is 6.72. The number of benzene rings is 2. The van der Waals surface area contributed by atoms with Crippen LogP contribution in [0.5, 0.6) is 0 Å². The van der Waals surface area contributed by atoms with Gasteiger partial charge in [0.2, 0.25) is 0 Å². The first kappa shape index (κ1) is 19.6. The molecule has 0 spiro atoms. The van der Waals surface area contributed by atoms with E-state index in [1.807, 2.05) is 0 Å². The SMILES string of the molecule is COC(=O)C1=C(Nc2ccccc2NS(=O)(=O)c2ccccc2Cl)CSC1. The molecule has 0 amide bonds. The van der Waals surface area contributed by atoms with Crippen molar-refractivity contribution in [3.05, 3.63) is 64.8 Å². The van der Waals surface area contributed by atoms with Crippen LogP contribution in [-0.2, 0) is 19.6 Å². The molecule has 1 heterocycles. The van der Waals surface area contributed by atoms with E-state index in [-0.39, 0.29) is 9.92 Å². The van der Waals surface area contributed by atoms with Gasteiger partial charge in [0.15, 0.2) is 0 Å². The van der Waals surface area contributed by atoms with Crippen molar-refractivity contribution in [3.8, 4) is 0 Å². The maximum Gasteiger partial charge on any atom is 0.336 e. The highest BCUT2D eigenvalue weighted by Gasteiger charge is 2.24. The van der Waals surface area contributed by atoms with Crippen LogP contribution in [0.3, 0.4) is 0 Å². The molecular weight excluding hydrogens is 408 g/mol. The zero-order chi connectivity index (χ0) is 19.4. The predicted octanol–water partition coefficient (Wildman–Crippen LogP) is 3.73. The standard InChI is InChI=1S/C18H17ClN2O4S2/c1-25-18(22)12-10-26-11-16(12)20-14-7-3-4-8-15(14)21-27(23,24)17-9-5-2-6-13(17)19/h2-9,20-21H,10-11H2,1H3. The summed E-state index contributed by atoms with van der Waals surface area (Å²) in [5, 5.41) is 3.30. The van der Waals surface area contributed by atoms with Gasteiger partial charge in [-0.2, -0.15) is 11.8 Å². The second-order valence-corrected chi connectivity index (χ2v) is 8.69. The highest BCUT2D eigenvalue weighted by molar-refractivity contribution is 8.00. The van der Waals surface area contributed by atoms with E-state index >= 15 is 0 Å². The molecule has 0 fully saturated rings. The zero-order valence-electron chi connectivity index (χ0n) is 14.4. The van der Waals surface area contributed by atoms with E-state index in [0.717, 1.165) is 0 Å². The monoisotopic (exact) mass is 424 g/mol. The average molecular weight is 425 g/mol. The van der Waals surface area contributed by atoms with Gasteiger partial charge in [0.1, 0.15) is 4.90 Å². The summed E-state index contributed by atoms with van der Waals surface area (Å²) in [7, 11) is -2.53. The summed E-state index contributed by atoms with van der Waals surface area (Å²) in [5.41, 5.74) is 2.14. The van der Waals surface area contributed by atoms with Crippen LogP contribution in [0.15, 0.2) is 64.7 Å². The molecule has 0 bridgehead atoms. The van der Waals surface area contributed by atoms with Gasteiger partial charge in [-0.15, -0.1) is 0 Å². The predicted molar refractivity (Wildman–Crippen MR) is 109 cm³/mol. The van der Waals surface area contributed by atoms with Crippen LogP contribution < -0.4 is 10.0 Å². The van der Waals surface area contributed by atoms with E-state index < -0.39 is 16.0 Å². The van der Waals surface area contributed by atoms with Crippen molar-refractivity contribution in [2.45, 2.75) is 4.90 Å². The van der Waals surface area contributed by atoms with Gasteiger partial charge in [0, 0.05) is 17.2 Å². The molecule has 9 heteroatoms. The Morgan fingerprint density at radius 3 is 2.44 bits per heavy atom. The zero-order valence-corrected chi connectivity index (χ0v) is 16.7. The summed E-state index contributed by atoms with van der Waals surface area (Å²) in [5.74, 6) is 0.759. The number of sulfonamides is 1. The second-order valence-electron chi connectivity index (χ2n) is 5.65. The number of methoxy groups -OCH3 is 1. The Balaban J connectivity index is 1.91. The average Bonchev–Trinajstić information content (AvgIpc) is 3.11. The van der Waals surface area contributed by atoms with Gasteiger partial charge in [-0.25, -0.2) is 13.2 Å². The van der Waals surface area contributed by atoms with Crippen LogP contribution >= 0.6 is 23.4 Å². The summed E-state index contributed by atoms with van der Waals surface area (Å²) < 4.78 is 32.8. The third-order valence-electron chi connectivity index (χ3n) is 3.87. The topological polar surface area (TPSA) is 84.5 Å². The molecule has 6 nitrogen and oxygen atoms in total. The minimum absolute atomic E-state index is 0.00708. The molecule has 2 N–H and O–H groups in total. The number of ether oxygens (including phenoxy) is 1. The van der Waals surface area contributed by atoms with Crippen LogP contribution in [0, 0.1) is 0 Å². The van der Waals surface area contributed by atoms with E-state index in [1.165, 1.54) is 19.2 Å². The molecule has 0 unspecified atom stereocenters. The van der Waals surface area contributed by atoms with Gasteiger partial charge in [-0.1, -0.05) is 35.9 Å². The molecule has 0 aliphatic carbocycles. The summed E-state index contributed by atoms with van der Waals surface area (Å²) in [6.07, 6.45) is 0. The lowest BCUT2D eigenvalue weighted by Gasteiger charge is -2.16. The van der Waals surface area contributed by atoms with Crippen LogP contribution in [0.25, 0.3) is 0 Å². The van der Waals surface area contributed by atoms with Gasteiger partial charge in [0.05, 0.1) is 29.1 Å². The minimum Gasteiger partial charge on any atom is -0.466 e. The maximum absolute atomic E-state index is 12.7. The first-order chi connectivity index (χ1) is 12.9. The van der Waals surface area contributed by atoms with Gasteiger partial charge >= 0.3 is 5.97 Å². The van der Waals surface area contributed by atoms with Crippen molar-refractivity contribution >= 4 is 50.7 Å². The van der Waals surface area contributed by atoms with E-state index in [1.54, 1.807) is 48.2 Å². The van der Waals surface area contributed by atoms with Crippen LogP contribution in [0.4, 0.5) is 11.4 Å². The van der Waals surface area contributed by atoms with Gasteiger partial charge < -0.3 is 10.1 Å². The molecule has 1 aliphatic rings. The second kappa shape index (κ2) is 8.24. The first-order valence-corrected chi connectivity index (χ1v) is 11.0. The molecule has 0 atom stereocenters. The number of rotatable bonds is 6. The van der Waals surface area contributed by atoms with Crippen molar-refractivity contribution in [1.82, 2.24) is 0 Å². The highest BCUT2D eigenvalue weighted by atomic mass is 35.5. The third kappa shape index (κ3) is 4.40. The summed E-state index contributed by atoms with van der Waals surface area (Å²) in [6.45, 7) is 0. The molecule has 0 aromatic heterocycles. The fourth-order valence-corrected chi connectivity index (χ4v) is 5.20. The number of carbonyl (C=O) groups excluding carboxylic acids is 1. The van der Waals surface area contributed by atoms with Crippen LogP contribution in [-0.4, -0.2) is 33.0 Å². The maximum atomic E-state index is 12.7. The normalized spacial score (nSPS) is 14.1. The quantitative estimate of drug-likeness (QED) is 0.687. The van der Waals surface area contributed by atoms with Gasteiger partial charge in [-0.3, -0.25) is 4.72 Å². The fourth-order valence-electron chi connectivity index (χ4n) is 2.55. The highest BCUT2D eigenvalue weighted by Crippen LogP contribution is 2.31. The molecule has 2 aromatic carbocycles. The van der Waals surface area contributed by atoms with Gasteiger partial charge in [0.25, 0.3) is 10.0 Å². The molecule has 27 heavy (non-hydrogen) atoms.